The van der Waals surface area contributed by atoms with Gasteiger partial charge in [-0.05, 0) is 43.1 Å². The molecule has 5 heteroatoms. The van der Waals surface area contributed by atoms with Crippen LogP contribution in [0.1, 0.15) is 22.3 Å². The average molecular weight is 347 g/mol. The van der Waals surface area contributed by atoms with Crippen molar-refractivity contribution >= 4 is 17.5 Å². The Balaban J connectivity index is 2.20. The Labute approximate surface area is 148 Å². The molecule has 1 amide bonds. The van der Waals surface area contributed by atoms with E-state index >= 15 is 0 Å². The molecule has 2 aromatic carbocycles. The van der Waals surface area contributed by atoms with Crippen molar-refractivity contribution in [3.63, 3.8) is 0 Å². The Bertz CT molecular complexity index is 676. The third-order valence-electron chi connectivity index (χ3n) is 4.04. The Morgan fingerprint density at radius 2 is 1.96 bits per heavy atom. The molecule has 0 aliphatic heterocycles. The lowest BCUT2D eigenvalue weighted by Crippen LogP contribution is -2.39. The highest BCUT2D eigenvalue weighted by molar-refractivity contribution is 6.31. The summed E-state index contributed by atoms with van der Waals surface area (Å²) in [7, 11) is 3.36. The van der Waals surface area contributed by atoms with Gasteiger partial charge in [0.2, 0.25) is 0 Å². The Kier molecular flexibility index (Phi) is 6.64. The molecule has 1 unspecified atom stereocenters. The van der Waals surface area contributed by atoms with Crippen molar-refractivity contribution in [3.05, 3.63) is 64.7 Å². The predicted molar refractivity (Wildman–Crippen MR) is 97.7 cm³/mol. The first-order valence-electron chi connectivity index (χ1n) is 7.91. The zero-order valence-corrected chi connectivity index (χ0v) is 14.8. The largest absolute Gasteiger partial charge is 0.497 e. The fraction of sp³-hybridized carbons (Fsp3) is 0.316. The van der Waals surface area contributed by atoms with E-state index in [1.165, 1.54) is 5.56 Å². The summed E-state index contributed by atoms with van der Waals surface area (Å²) in [5.41, 5.74) is 7.44. The van der Waals surface area contributed by atoms with Gasteiger partial charge in [-0.15, -0.1) is 0 Å². The average Bonchev–Trinajstić information content (AvgIpc) is 2.60. The number of benzene rings is 2. The molecule has 0 fully saturated rings. The first-order valence-corrected chi connectivity index (χ1v) is 8.28. The highest BCUT2D eigenvalue weighted by atomic mass is 35.5. The number of likely N-dealkylation sites (N-methyl/N-ethyl adjacent to an activating group) is 1. The molecule has 0 aliphatic rings. The number of carbonyl (C=O) groups is 1. The third kappa shape index (κ3) is 4.73. The number of rotatable bonds is 7. The van der Waals surface area contributed by atoms with Gasteiger partial charge in [-0.25, -0.2) is 0 Å². The number of nitrogens with zero attached hydrogens (tertiary/aromatic N) is 1. The molecule has 0 aliphatic carbocycles. The Morgan fingerprint density at radius 1 is 1.25 bits per heavy atom. The minimum Gasteiger partial charge on any atom is -0.497 e. The van der Waals surface area contributed by atoms with Crippen LogP contribution in [0, 0.1) is 0 Å². The summed E-state index contributed by atoms with van der Waals surface area (Å²) in [4.78, 5) is 14.6. The zero-order chi connectivity index (χ0) is 17.5. The molecule has 2 aromatic rings. The van der Waals surface area contributed by atoms with Crippen LogP contribution in [-0.4, -0.2) is 37.6 Å². The maximum Gasteiger partial charge on any atom is 0.254 e. The van der Waals surface area contributed by atoms with Crippen LogP contribution < -0.4 is 10.5 Å². The maximum absolute atomic E-state index is 12.8. The summed E-state index contributed by atoms with van der Waals surface area (Å²) in [6.45, 7) is 0.522. The van der Waals surface area contributed by atoms with Crippen LogP contribution in [0.15, 0.2) is 48.5 Å². The van der Waals surface area contributed by atoms with Crippen LogP contribution in [0.5, 0.6) is 5.75 Å². The minimum atomic E-state index is -0.0924. The molecule has 0 heterocycles. The van der Waals surface area contributed by atoms with Crippen LogP contribution in [0.2, 0.25) is 5.02 Å². The molecule has 0 saturated heterocycles. The lowest BCUT2D eigenvalue weighted by atomic mass is 10.0. The molecule has 0 spiro atoms. The van der Waals surface area contributed by atoms with Gasteiger partial charge in [0, 0.05) is 23.7 Å². The van der Waals surface area contributed by atoms with E-state index in [-0.39, 0.29) is 11.9 Å². The van der Waals surface area contributed by atoms with Gasteiger partial charge < -0.3 is 15.4 Å². The van der Waals surface area contributed by atoms with Crippen molar-refractivity contribution < 1.29 is 9.53 Å². The van der Waals surface area contributed by atoms with E-state index in [2.05, 4.69) is 12.1 Å². The van der Waals surface area contributed by atoms with Gasteiger partial charge in [0.1, 0.15) is 5.75 Å². The van der Waals surface area contributed by atoms with Gasteiger partial charge in [-0.2, -0.15) is 0 Å². The summed E-state index contributed by atoms with van der Waals surface area (Å²) in [6, 6.07) is 15.2. The number of hydrogen-bond donors (Lipinski definition) is 1. The van der Waals surface area contributed by atoms with Crippen molar-refractivity contribution in [2.45, 2.75) is 18.9 Å². The summed E-state index contributed by atoms with van der Waals surface area (Å²) in [5.74, 6) is 0.475. The Hall–Kier alpha value is -2.04. The van der Waals surface area contributed by atoms with E-state index in [0.29, 0.717) is 22.9 Å². The maximum atomic E-state index is 12.8. The molecule has 2 rings (SSSR count). The van der Waals surface area contributed by atoms with E-state index in [0.717, 1.165) is 12.8 Å². The topological polar surface area (TPSA) is 55.6 Å². The molecule has 2 N–H and O–H groups in total. The van der Waals surface area contributed by atoms with Crippen molar-refractivity contribution in [1.82, 2.24) is 4.90 Å². The minimum absolute atomic E-state index is 0.0230. The highest BCUT2D eigenvalue weighted by Crippen LogP contribution is 2.23. The van der Waals surface area contributed by atoms with Gasteiger partial charge in [0.05, 0.1) is 7.11 Å². The second-order valence-corrected chi connectivity index (χ2v) is 6.15. The molecule has 1 atom stereocenters. The van der Waals surface area contributed by atoms with Crippen LogP contribution in [0.4, 0.5) is 0 Å². The number of amides is 1. The number of ether oxygens (including phenoxy) is 1. The SMILES string of the molecule is COc1cc(Cl)cc(C(=O)N(C)C(CCN)Cc2ccccc2)c1. The number of nitrogens with two attached hydrogens (primary N) is 1. The number of carbonyl (C=O) groups excluding carboxylic acids is 1. The summed E-state index contributed by atoms with van der Waals surface area (Å²) in [6.07, 6.45) is 1.49. The van der Waals surface area contributed by atoms with E-state index in [1.54, 1.807) is 37.3 Å². The molecule has 0 saturated carbocycles. The standard InChI is InChI=1S/C19H23ClN2O2/c1-22(17(8-9-21)10-14-6-4-3-5-7-14)19(23)15-11-16(20)13-18(12-15)24-2/h3-7,11-13,17H,8-10,21H2,1-2H3. The normalized spacial score (nSPS) is 11.8. The van der Waals surface area contributed by atoms with Crippen LogP contribution >= 0.6 is 11.6 Å². The van der Waals surface area contributed by atoms with Gasteiger partial charge in [0.25, 0.3) is 5.91 Å². The molecule has 24 heavy (non-hydrogen) atoms. The molecular weight excluding hydrogens is 324 g/mol. The fourth-order valence-corrected chi connectivity index (χ4v) is 2.91. The number of methoxy groups -OCH3 is 1. The van der Waals surface area contributed by atoms with Gasteiger partial charge in [0.15, 0.2) is 0 Å². The van der Waals surface area contributed by atoms with E-state index in [9.17, 15) is 4.79 Å². The highest BCUT2D eigenvalue weighted by Gasteiger charge is 2.22. The molecule has 0 bridgehead atoms. The van der Waals surface area contributed by atoms with E-state index in [4.69, 9.17) is 22.1 Å². The predicted octanol–water partition coefficient (Wildman–Crippen LogP) is 3.38. The van der Waals surface area contributed by atoms with Gasteiger partial charge >= 0.3 is 0 Å². The van der Waals surface area contributed by atoms with Gasteiger partial charge in [-0.3, -0.25) is 4.79 Å². The van der Waals surface area contributed by atoms with Crippen molar-refractivity contribution in [3.8, 4) is 5.75 Å². The van der Waals surface area contributed by atoms with Crippen LogP contribution in [-0.2, 0) is 6.42 Å². The molecular formula is C19H23ClN2O2. The molecule has 4 nitrogen and oxygen atoms in total. The first kappa shape index (κ1) is 18.3. The van der Waals surface area contributed by atoms with Crippen LogP contribution in [0.3, 0.4) is 0 Å². The van der Waals surface area contributed by atoms with E-state index < -0.39 is 0 Å². The summed E-state index contributed by atoms with van der Waals surface area (Å²) >= 11 is 6.08. The Morgan fingerprint density at radius 3 is 2.58 bits per heavy atom. The lowest BCUT2D eigenvalue weighted by molar-refractivity contribution is 0.0725. The second-order valence-electron chi connectivity index (χ2n) is 5.72. The zero-order valence-electron chi connectivity index (χ0n) is 14.0. The van der Waals surface area contributed by atoms with Crippen molar-refractivity contribution in [2.75, 3.05) is 20.7 Å². The number of halogens is 1. The second kappa shape index (κ2) is 8.71. The molecule has 0 radical (unpaired) electrons. The first-order chi connectivity index (χ1) is 11.5. The lowest BCUT2D eigenvalue weighted by Gasteiger charge is -2.28. The smallest absolute Gasteiger partial charge is 0.254 e. The monoisotopic (exact) mass is 346 g/mol. The summed E-state index contributed by atoms with van der Waals surface area (Å²) in [5, 5.41) is 0.476. The number of hydrogen-bond acceptors (Lipinski definition) is 3. The fourth-order valence-electron chi connectivity index (χ4n) is 2.68. The third-order valence-corrected chi connectivity index (χ3v) is 4.25. The molecule has 0 aromatic heterocycles. The summed E-state index contributed by atoms with van der Waals surface area (Å²) < 4.78 is 5.19. The quantitative estimate of drug-likeness (QED) is 0.836. The molecule has 128 valence electrons. The van der Waals surface area contributed by atoms with Crippen LogP contribution in [0.25, 0.3) is 0 Å². The van der Waals surface area contributed by atoms with Gasteiger partial charge in [-0.1, -0.05) is 41.9 Å². The van der Waals surface area contributed by atoms with Crippen molar-refractivity contribution in [1.29, 1.82) is 0 Å². The van der Waals surface area contributed by atoms with E-state index in [1.807, 2.05) is 18.2 Å². The van der Waals surface area contributed by atoms with Crippen molar-refractivity contribution in [2.24, 2.45) is 5.73 Å².